The number of nitrogens with zero attached hydrogens (tertiary/aromatic N) is 3. The predicted molar refractivity (Wildman–Crippen MR) is 62.7 cm³/mol. The standard InChI is InChI=1S/C11H18ClN3O/c1-8(2)10-13-14-11(12)15(10)7-9-3-5-16-6-4-9/h8-9H,3-7H2,1-2H3. The average Bonchev–Trinajstić information content (AvgIpc) is 2.62. The zero-order valence-electron chi connectivity index (χ0n) is 9.82. The zero-order valence-corrected chi connectivity index (χ0v) is 10.6. The van der Waals surface area contributed by atoms with Crippen LogP contribution in [-0.4, -0.2) is 28.0 Å². The van der Waals surface area contributed by atoms with Gasteiger partial charge in [0.1, 0.15) is 5.82 Å². The van der Waals surface area contributed by atoms with E-state index in [1.54, 1.807) is 0 Å². The Balaban J connectivity index is 2.09. The SMILES string of the molecule is CC(C)c1nnc(Cl)n1CC1CCOCC1. The van der Waals surface area contributed by atoms with Gasteiger partial charge >= 0.3 is 0 Å². The van der Waals surface area contributed by atoms with Gasteiger partial charge < -0.3 is 9.30 Å². The van der Waals surface area contributed by atoms with E-state index in [1.807, 2.05) is 4.57 Å². The summed E-state index contributed by atoms with van der Waals surface area (Å²) in [5.74, 6) is 1.98. The minimum absolute atomic E-state index is 0.361. The topological polar surface area (TPSA) is 39.9 Å². The quantitative estimate of drug-likeness (QED) is 0.819. The van der Waals surface area contributed by atoms with Crippen LogP contribution in [0.2, 0.25) is 5.28 Å². The summed E-state index contributed by atoms with van der Waals surface area (Å²) in [6.07, 6.45) is 2.21. The highest BCUT2D eigenvalue weighted by atomic mass is 35.5. The van der Waals surface area contributed by atoms with E-state index in [1.165, 1.54) is 0 Å². The van der Waals surface area contributed by atoms with Crippen molar-refractivity contribution < 1.29 is 4.74 Å². The Hall–Kier alpha value is -0.610. The molecule has 2 heterocycles. The third-order valence-corrected chi connectivity index (χ3v) is 3.31. The highest BCUT2D eigenvalue weighted by Crippen LogP contribution is 2.22. The molecule has 0 aromatic carbocycles. The second kappa shape index (κ2) is 5.15. The van der Waals surface area contributed by atoms with E-state index in [0.717, 1.165) is 38.4 Å². The number of rotatable bonds is 3. The molecule has 0 radical (unpaired) electrons. The lowest BCUT2D eigenvalue weighted by Gasteiger charge is -2.23. The summed E-state index contributed by atoms with van der Waals surface area (Å²) in [6.45, 7) is 6.87. The van der Waals surface area contributed by atoms with Gasteiger partial charge in [-0.05, 0) is 30.4 Å². The number of hydrogen-bond donors (Lipinski definition) is 0. The third kappa shape index (κ3) is 2.55. The summed E-state index contributed by atoms with van der Waals surface area (Å²) < 4.78 is 7.40. The lowest BCUT2D eigenvalue weighted by molar-refractivity contribution is 0.0609. The zero-order chi connectivity index (χ0) is 11.5. The number of ether oxygens (including phenoxy) is 1. The molecule has 1 aliphatic rings. The number of aromatic nitrogens is 3. The van der Waals surface area contributed by atoms with Gasteiger partial charge in [0.15, 0.2) is 0 Å². The van der Waals surface area contributed by atoms with Crippen LogP contribution in [0.25, 0.3) is 0 Å². The van der Waals surface area contributed by atoms with Crippen LogP contribution in [0, 0.1) is 5.92 Å². The Morgan fingerprint density at radius 1 is 1.38 bits per heavy atom. The van der Waals surface area contributed by atoms with Crippen molar-refractivity contribution >= 4 is 11.6 Å². The summed E-state index contributed by atoms with van der Waals surface area (Å²) in [6, 6.07) is 0. The fourth-order valence-corrected chi connectivity index (χ4v) is 2.27. The molecule has 1 saturated heterocycles. The van der Waals surface area contributed by atoms with E-state index < -0.39 is 0 Å². The molecule has 2 rings (SSSR count). The molecule has 5 heteroatoms. The summed E-state index contributed by atoms with van der Waals surface area (Å²) in [4.78, 5) is 0. The van der Waals surface area contributed by atoms with Gasteiger partial charge in [-0.15, -0.1) is 10.2 Å². The molecular formula is C11H18ClN3O. The summed E-state index contributed by atoms with van der Waals surface area (Å²) in [5, 5.41) is 8.59. The molecule has 1 aromatic rings. The van der Waals surface area contributed by atoms with Crippen molar-refractivity contribution in [3.8, 4) is 0 Å². The van der Waals surface area contributed by atoms with Crippen molar-refractivity contribution in [3.05, 3.63) is 11.1 Å². The fraction of sp³-hybridized carbons (Fsp3) is 0.818. The lowest BCUT2D eigenvalue weighted by Crippen LogP contribution is -2.21. The molecule has 1 fully saturated rings. The molecule has 0 bridgehead atoms. The maximum Gasteiger partial charge on any atom is 0.225 e. The van der Waals surface area contributed by atoms with E-state index in [9.17, 15) is 0 Å². The first-order valence-electron chi connectivity index (χ1n) is 5.85. The van der Waals surface area contributed by atoms with Crippen molar-refractivity contribution in [3.63, 3.8) is 0 Å². The minimum atomic E-state index is 0.361. The van der Waals surface area contributed by atoms with E-state index in [2.05, 4.69) is 24.0 Å². The number of hydrogen-bond acceptors (Lipinski definition) is 3. The Morgan fingerprint density at radius 3 is 2.69 bits per heavy atom. The molecule has 0 spiro atoms. The van der Waals surface area contributed by atoms with E-state index in [-0.39, 0.29) is 0 Å². The van der Waals surface area contributed by atoms with Crippen LogP contribution in [0.4, 0.5) is 0 Å². The second-order valence-corrected chi connectivity index (χ2v) is 4.99. The first-order chi connectivity index (χ1) is 7.68. The molecule has 1 aromatic heterocycles. The molecule has 4 nitrogen and oxygen atoms in total. The largest absolute Gasteiger partial charge is 0.381 e. The highest BCUT2D eigenvalue weighted by Gasteiger charge is 2.19. The average molecular weight is 244 g/mol. The fourth-order valence-electron chi connectivity index (χ4n) is 2.08. The van der Waals surface area contributed by atoms with Gasteiger partial charge in [0, 0.05) is 25.7 Å². The maximum absolute atomic E-state index is 6.07. The van der Waals surface area contributed by atoms with Gasteiger partial charge in [0.25, 0.3) is 0 Å². The van der Waals surface area contributed by atoms with Crippen molar-refractivity contribution in [1.82, 2.24) is 14.8 Å². The maximum atomic E-state index is 6.07. The Bertz CT molecular complexity index is 345. The second-order valence-electron chi connectivity index (χ2n) is 4.65. The Labute approximate surface area is 101 Å². The molecule has 90 valence electrons. The smallest absolute Gasteiger partial charge is 0.225 e. The molecule has 0 N–H and O–H groups in total. The minimum Gasteiger partial charge on any atom is -0.381 e. The summed E-state index contributed by atoms with van der Waals surface area (Å²) in [7, 11) is 0. The normalized spacial score (nSPS) is 18.2. The van der Waals surface area contributed by atoms with Crippen LogP contribution >= 0.6 is 11.6 Å². The first kappa shape index (κ1) is 11.9. The van der Waals surface area contributed by atoms with Crippen molar-refractivity contribution in [2.45, 2.75) is 39.2 Å². The first-order valence-corrected chi connectivity index (χ1v) is 6.22. The molecule has 0 saturated carbocycles. The molecule has 0 aliphatic carbocycles. The van der Waals surface area contributed by atoms with Crippen molar-refractivity contribution in [1.29, 1.82) is 0 Å². The van der Waals surface area contributed by atoms with Crippen LogP contribution in [0.1, 0.15) is 38.4 Å². The lowest BCUT2D eigenvalue weighted by atomic mass is 10.00. The van der Waals surface area contributed by atoms with Gasteiger partial charge in [0.05, 0.1) is 0 Å². The Kier molecular flexibility index (Phi) is 3.82. The molecule has 16 heavy (non-hydrogen) atoms. The van der Waals surface area contributed by atoms with E-state index in [4.69, 9.17) is 16.3 Å². The van der Waals surface area contributed by atoms with Gasteiger partial charge in [-0.2, -0.15) is 0 Å². The third-order valence-electron chi connectivity index (χ3n) is 3.03. The van der Waals surface area contributed by atoms with Gasteiger partial charge in [0.2, 0.25) is 5.28 Å². The van der Waals surface area contributed by atoms with Gasteiger partial charge in [-0.3, -0.25) is 0 Å². The monoisotopic (exact) mass is 243 g/mol. The molecule has 1 aliphatic heterocycles. The van der Waals surface area contributed by atoms with E-state index in [0.29, 0.717) is 17.1 Å². The molecule has 0 atom stereocenters. The van der Waals surface area contributed by atoms with Crippen LogP contribution in [0.5, 0.6) is 0 Å². The van der Waals surface area contributed by atoms with Gasteiger partial charge in [-0.25, -0.2) is 0 Å². The van der Waals surface area contributed by atoms with Crippen LogP contribution < -0.4 is 0 Å². The summed E-state index contributed by atoms with van der Waals surface area (Å²) >= 11 is 6.07. The molecule has 0 amide bonds. The van der Waals surface area contributed by atoms with Gasteiger partial charge in [-0.1, -0.05) is 13.8 Å². The van der Waals surface area contributed by atoms with Crippen molar-refractivity contribution in [2.75, 3.05) is 13.2 Å². The van der Waals surface area contributed by atoms with Crippen LogP contribution in [0.3, 0.4) is 0 Å². The van der Waals surface area contributed by atoms with Crippen LogP contribution in [-0.2, 0) is 11.3 Å². The molecule has 0 unspecified atom stereocenters. The predicted octanol–water partition coefficient (Wildman–Crippen LogP) is 2.48. The van der Waals surface area contributed by atoms with Crippen LogP contribution in [0.15, 0.2) is 0 Å². The molecular weight excluding hydrogens is 226 g/mol. The van der Waals surface area contributed by atoms with E-state index >= 15 is 0 Å². The Morgan fingerprint density at radius 2 is 2.06 bits per heavy atom. The number of halogens is 1. The van der Waals surface area contributed by atoms with Crippen molar-refractivity contribution in [2.24, 2.45) is 5.92 Å². The summed E-state index contributed by atoms with van der Waals surface area (Å²) in [5.41, 5.74) is 0. The highest BCUT2D eigenvalue weighted by molar-refractivity contribution is 6.28.